The quantitative estimate of drug-likeness (QED) is 0.740. The SMILES string of the molecule is Cn1nc(C(=O)O)c2c1-c1nc(Sc3ccccc3)ncc1CC2. The molecule has 2 aromatic heterocycles. The Labute approximate surface area is 142 Å². The van der Waals surface area contributed by atoms with Gasteiger partial charge in [-0.15, -0.1) is 0 Å². The molecule has 0 saturated heterocycles. The smallest absolute Gasteiger partial charge is 0.356 e. The summed E-state index contributed by atoms with van der Waals surface area (Å²) in [4.78, 5) is 21.6. The number of rotatable bonds is 3. The molecule has 4 rings (SSSR count). The predicted molar refractivity (Wildman–Crippen MR) is 89.2 cm³/mol. The highest BCUT2D eigenvalue weighted by molar-refractivity contribution is 7.99. The molecule has 3 aromatic rings. The van der Waals surface area contributed by atoms with Crippen LogP contribution < -0.4 is 0 Å². The van der Waals surface area contributed by atoms with Crippen molar-refractivity contribution in [3.05, 3.63) is 53.3 Å². The highest BCUT2D eigenvalue weighted by Gasteiger charge is 2.28. The van der Waals surface area contributed by atoms with Crippen LogP contribution >= 0.6 is 11.8 Å². The minimum atomic E-state index is -0.997. The molecule has 1 aliphatic rings. The van der Waals surface area contributed by atoms with E-state index in [1.165, 1.54) is 11.8 Å². The lowest BCUT2D eigenvalue weighted by Crippen LogP contribution is -2.10. The van der Waals surface area contributed by atoms with Gasteiger partial charge in [0.1, 0.15) is 0 Å². The van der Waals surface area contributed by atoms with Crippen molar-refractivity contribution in [2.75, 3.05) is 0 Å². The number of fused-ring (bicyclic) bond motifs is 3. The van der Waals surface area contributed by atoms with E-state index >= 15 is 0 Å². The third-order valence-electron chi connectivity index (χ3n) is 4.01. The van der Waals surface area contributed by atoms with Crippen LogP contribution in [0.2, 0.25) is 0 Å². The Morgan fingerprint density at radius 1 is 1.25 bits per heavy atom. The van der Waals surface area contributed by atoms with Gasteiger partial charge in [0.25, 0.3) is 0 Å². The van der Waals surface area contributed by atoms with E-state index in [0.29, 0.717) is 11.6 Å². The third kappa shape index (κ3) is 2.46. The Morgan fingerprint density at radius 2 is 2.04 bits per heavy atom. The summed E-state index contributed by atoms with van der Waals surface area (Å²) < 4.78 is 1.61. The standard InChI is InChI=1S/C17H14N4O2S/c1-21-15-12(14(20-21)16(22)23)8-7-10-9-18-17(19-13(10)15)24-11-5-3-2-4-6-11/h2-6,9H,7-8H2,1H3,(H,22,23). The zero-order valence-corrected chi connectivity index (χ0v) is 13.7. The molecular formula is C17H14N4O2S. The van der Waals surface area contributed by atoms with Gasteiger partial charge < -0.3 is 5.11 Å². The summed E-state index contributed by atoms with van der Waals surface area (Å²) in [6.45, 7) is 0. The number of aryl methyl sites for hydroxylation is 2. The van der Waals surface area contributed by atoms with Crippen LogP contribution in [-0.4, -0.2) is 30.8 Å². The number of carboxylic acids is 1. The van der Waals surface area contributed by atoms with Crippen LogP contribution in [0, 0.1) is 0 Å². The second-order valence-corrected chi connectivity index (χ2v) is 6.59. The average molecular weight is 338 g/mol. The van der Waals surface area contributed by atoms with Crippen molar-refractivity contribution in [2.45, 2.75) is 22.9 Å². The van der Waals surface area contributed by atoms with E-state index in [9.17, 15) is 9.90 Å². The number of carbonyl (C=O) groups is 1. The van der Waals surface area contributed by atoms with Crippen LogP contribution in [0.5, 0.6) is 0 Å². The Balaban J connectivity index is 1.79. The first-order chi connectivity index (χ1) is 11.6. The molecule has 1 aromatic carbocycles. The molecule has 0 aliphatic heterocycles. The highest BCUT2D eigenvalue weighted by atomic mass is 32.2. The number of nitrogens with zero attached hydrogens (tertiary/aromatic N) is 4. The van der Waals surface area contributed by atoms with Crippen LogP contribution in [-0.2, 0) is 19.9 Å². The zero-order chi connectivity index (χ0) is 16.7. The van der Waals surface area contributed by atoms with E-state index in [1.54, 1.807) is 11.7 Å². The van der Waals surface area contributed by atoms with Crippen molar-refractivity contribution in [2.24, 2.45) is 7.05 Å². The second-order valence-electron chi connectivity index (χ2n) is 5.55. The Morgan fingerprint density at radius 3 is 2.79 bits per heavy atom. The number of carboxylic acid groups (broad SMARTS) is 1. The molecule has 2 heterocycles. The molecule has 0 spiro atoms. The first-order valence-electron chi connectivity index (χ1n) is 7.52. The summed E-state index contributed by atoms with van der Waals surface area (Å²) in [5, 5.41) is 14.1. The minimum Gasteiger partial charge on any atom is -0.476 e. The fourth-order valence-electron chi connectivity index (χ4n) is 2.95. The van der Waals surface area contributed by atoms with E-state index in [2.05, 4.69) is 15.1 Å². The Kier molecular flexibility index (Phi) is 3.57. The van der Waals surface area contributed by atoms with Crippen molar-refractivity contribution in [3.63, 3.8) is 0 Å². The monoisotopic (exact) mass is 338 g/mol. The van der Waals surface area contributed by atoms with Gasteiger partial charge in [-0.05, 0) is 42.3 Å². The zero-order valence-electron chi connectivity index (χ0n) is 12.9. The minimum absolute atomic E-state index is 0.119. The topological polar surface area (TPSA) is 80.9 Å². The van der Waals surface area contributed by atoms with Gasteiger partial charge in [0.15, 0.2) is 10.9 Å². The maximum absolute atomic E-state index is 11.4. The van der Waals surface area contributed by atoms with E-state index in [0.717, 1.165) is 33.8 Å². The molecular weight excluding hydrogens is 324 g/mol. The van der Waals surface area contributed by atoms with E-state index in [4.69, 9.17) is 0 Å². The summed E-state index contributed by atoms with van der Waals surface area (Å²) in [5.74, 6) is -0.997. The average Bonchev–Trinajstić information content (AvgIpc) is 2.93. The van der Waals surface area contributed by atoms with Gasteiger partial charge in [-0.25, -0.2) is 14.8 Å². The van der Waals surface area contributed by atoms with Gasteiger partial charge in [-0.3, -0.25) is 4.68 Å². The van der Waals surface area contributed by atoms with Gasteiger partial charge in [-0.1, -0.05) is 18.2 Å². The largest absolute Gasteiger partial charge is 0.476 e. The predicted octanol–water partition coefficient (Wildman–Crippen LogP) is 2.83. The molecule has 0 atom stereocenters. The van der Waals surface area contributed by atoms with Crippen molar-refractivity contribution >= 4 is 17.7 Å². The van der Waals surface area contributed by atoms with Gasteiger partial charge in [0, 0.05) is 23.7 Å². The van der Waals surface area contributed by atoms with Crippen LogP contribution in [0.3, 0.4) is 0 Å². The van der Waals surface area contributed by atoms with Crippen molar-refractivity contribution < 1.29 is 9.90 Å². The molecule has 0 bridgehead atoms. The molecule has 24 heavy (non-hydrogen) atoms. The van der Waals surface area contributed by atoms with Gasteiger partial charge in [0.2, 0.25) is 0 Å². The van der Waals surface area contributed by atoms with Crippen LogP contribution in [0.15, 0.2) is 46.6 Å². The van der Waals surface area contributed by atoms with E-state index in [-0.39, 0.29) is 5.69 Å². The third-order valence-corrected chi connectivity index (χ3v) is 4.90. The fraction of sp³-hybridized carbons (Fsp3) is 0.176. The number of benzene rings is 1. The molecule has 0 fully saturated rings. The second kappa shape index (κ2) is 5.76. The summed E-state index contributed by atoms with van der Waals surface area (Å²) >= 11 is 1.49. The molecule has 7 heteroatoms. The molecule has 6 nitrogen and oxygen atoms in total. The van der Waals surface area contributed by atoms with E-state index < -0.39 is 5.97 Å². The van der Waals surface area contributed by atoms with E-state index in [1.807, 2.05) is 36.5 Å². The number of hydrogen-bond donors (Lipinski definition) is 1. The number of aromatic carboxylic acids is 1. The Bertz CT molecular complexity index is 937. The van der Waals surface area contributed by atoms with Crippen LogP contribution in [0.25, 0.3) is 11.4 Å². The van der Waals surface area contributed by atoms with Crippen molar-refractivity contribution in [3.8, 4) is 11.4 Å². The van der Waals surface area contributed by atoms with Crippen molar-refractivity contribution in [1.29, 1.82) is 0 Å². The summed E-state index contributed by atoms with van der Waals surface area (Å²) in [5.41, 5.74) is 3.47. The van der Waals surface area contributed by atoms with Gasteiger partial charge >= 0.3 is 5.97 Å². The maximum atomic E-state index is 11.4. The molecule has 1 N–H and O–H groups in total. The molecule has 0 saturated carbocycles. The first-order valence-corrected chi connectivity index (χ1v) is 8.33. The maximum Gasteiger partial charge on any atom is 0.356 e. The fourth-order valence-corrected chi connectivity index (χ4v) is 3.70. The molecule has 1 aliphatic carbocycles. The Hall–Kier alpha value is -2.67. The van der Waals surface area contributed by atoms with Crippen LogP contribution in [0.4, 0.5) is 0 Å². The number of aromatic nitrogens is 4. The summed E-state index contributed by atoms with van der Waals surface area (Å²) in [7, 11) is 1.76. The normalized spacial score (nSPS) is 12.5. The highest BCUT2D eigenvalue weighted by Crippen LogP contribution is 2.35. The lowest BCUT2D eigenvalue weighted by atomic mass is 9.93. The lowest BCUT2D eigenvalue weighted by Gasteiger charge is -2.16. The number of hydrogen-bond acceptors (Lipinski definition) is 5. The lowest BCUT2D eigenvalue weighted by molar-refractivity contribution is 0.0688. The molecule has 0 radical (unpaired) electrons. The van der Waals surface area contributed by atoms with Crippen molar-refractivity contribution in [1.82, 2.24) is 19.7 Å². The molecule has 120 valence electrons. The summed E-state index contributed by atoms with van der Waals surface area (Å²) in [6, 6.07) is 9.92. The van der Waals surface area contributed by atoms with Gasteiger partial charge in [0.05, 0.1) is 11.4 Å². The first kappa shape index (κ1) is 14.9. The summed E-state index contributed by atoms with van der Waals surface area (Å²) in [6.07, 6.45) is 3.21. The molecule has 0 amide bonds. The van der Waals surface area contributed by atoms with Crippen LogP contribution in [0.1, 0.15) is 21.6 Å². The van der Waals surface area contributed by atoms with Gasteiger partial charge in [-0.2, -0.15) is 5.10 Å². The molecule has 0 unspecified atom stereocenters.